The molecule has 2 aromatic rings. The molecule has 3 unspecified atom stereocenters. The van der Waals surface area contributed by atoms with E-state index in [9.17, 15) is 9.32 Å². The molecule has 7 nitrogen and oxygen atoms in total. The summed E-state index contributed by atoms with van der Waals surface area (Å²) in [6.07, 6.45) is 7.10. The van der Waals surface area contributed by atoms with Crippen LogP contribution in [0.3, 0.4) is 0 Å². The number of aliphatic hydroxyl groups is 1. The van der Waals surface area contributed by atoms with Gasteiger partial charge in [-0.2, -0.15) is 0 Å². The molecule has 0 bridgehead atoms. The molecule has 4 aliphatic rings. The number of nitrogens with zero attached hydrogens (tertiary/aromatic N) is 4. The van der Waals surface area contributed by atoms with E-state index in [-0.39, 0.29) is 12.1 Å². The summed E-state index contributed by atoms with van der Waals surface area (Å²) in [6.45, 7) is 1.96. The van der Waals surface area contributed by atoms with Crippen LogP contribution < -0.4 is 10.2 Å². The molecule has 3 atom stereocenters. The highest BCUT2D eigenvalue weighted by Crippen LogP contribution is 2.58. The summed E-state index contributed by atoms with van der Waals surface area (Å²) in [5.41, 5.74) is 1.57. The molecule has 0 aromatic carbocycles. The fourth-order valence-electron chi connectivity index (χ4n) is 5.34. The van der Waals surface area contributed by atoms with E-state index in [2.05, 4.69) is 26.3 Å². The number of halogens is 1. The topological polar surface area (TPSA) is 91.2 Å². The highest BCUT2D eigenvalue weighted by Gasteiger charge is 2.58. The number of rotatable bonds is 5. The zero-order valence-corrected chi connectivity index (χ0v) is 18.1. The molecule has 1 saturated heterocycles. The van der Waals surface area contributed by atoms with Crippen molar-refractivity contribution in [3.8, 4) is 0 Å². The second kappa shape index (κ2) is 6.87. The third-order valence-electron chi connectivity index (χ3n) is 7.25. The van der Waals surface area contributed by atoms with E-state index in [0.717, 1.165) is 66.7 Å². The van der Waals surface area contributed by atoms with Gasteiger partial charge in [0.2, 0.25) is 0 Å². The molecule has 9 heteroatoms. The van der Waals surface area contributed by atoms with Crippen LogP contribution in [-0.4, -0.2) is 55.3 Å². The summed E-state index contributed by atoms with van der Waals surface area (Å²) in [6, 6.07) is 2.05. The Hall–Kier alpha value is -1.77. The SMILES string of the molecule is O=S1CCc2nc(N3CC4C(C3)C4c3ncc(Cl)cn3)cc(NC3(CO)CCC3)c21. The first-order chi connectivity index (χ1) is 14.6. The van der Waals surface area contributed by atoms with Gasteiger partial charge >= 0.3 is 0 Å². The molecule has 30 heavy (non-hydrogen) atoms. The van der Waals surface area contributed by atoms with Gasteiger partial charge in [-0.25, -0.2) is 15.0 Å². The Bertz CT molecular complexity index is 1010. The minimum Gasteiger partial charge on any atom is -0.394 e. The van der Waals surface area contributed by atoms with Crippen molar-refractivity contribution in [2.45, 2.75) is 42.0 Å². The first kappa shape index (κ1) is 19.0. The third kappa shape index (κ3) is 2.95. The molecular weight excluding hydrogens is 422 g/mol. The van der Waals surface area contributed by atoms with E-state index < -0.39 is 10.8 Å². The molecule has 2 aliphatic carbocycles. The van der Waals surface area contributed by atoms with Crippen molar-refractivity contribution in [1.29, 1.82) is 0 Å². The number of anilines is 2. The van der Waals surface area contributed by atoms with E-state index in [1.807, 2.05) is 0 Å². The summed E-state index contributed by atoms with van der Waals surface area (Å²) in [4.78, 5) is 16.9. The lowest BCUT2D eigenvalue weighted by Gasteiger charge is -2.42. The number of aromatic nitrogens is 3. The molecule has 2 saturated carbocycles. The minimum atomic E-state index is -1.02. The zero-order chi connectivity index (χ0) is 20.5. The van der Waals surface area contributed by atoms with Crippen molar-refractivity contribution in [1.82, 2.24) is 15.0 Å². The lowest BCUT2D eigenvalue weighted by molar-refractivity contribution is 0.144. The van der Waals surface area contributed by atoms with Gasteiger partial charge in [0.1, 0.15) is 11.6 Å². The van der Waals surface area contributed by atoms with Gasteiger partial charge in [-0.15, -0.1) is 0 Å². The van der Waals surface area contributed by atoms with Crippen molar-refractivity contribution in [3.05, 3.63) is 35.0 Å². The quantitative estimate of drug-likeness (QED) is 0.729. The summed E-state index contributed by atoms with van der Waals surface area (Å²) in [5.74, 6) is 3.97. The van der Waals surface area contributed by atoms with Crippen LogP contribution in [0.15, 0.2) is 23.4 Å². The van der Waals surface area contributed by atoms with Crippen LogP contribution in [0.4, 0.5) is 11.5 Å². The number of pyridine rings is 1. The van der Waals surface area contributed by atoms with Gasteiger partial charge in [0.05, 0.1) is 44.2 Å². The van der Waals surface area contributed by atoms with Crippen molar-refractivity contribution in [2.24, 2.45) is 11.8 Å². The van der Waals surface area contributed by atoms with E-state index in [4.69, 9.17) is 16.6 Å². The number of hydrogen-bond acceptors (Lipinski definition) is 7. The standard InChI is InChI=1S/C21H24ClN5O2S/c22-12-7-23-20(24-8-12)18-13-9-27(10-14(13)18)17-6-16(26-21(11-28)3-1-4-21)19-15(25-17)2-5-30(19)29/h6-8,13-14,18,28H,1-5,9-11H2,(H,25,26). The molecule has 6 rings (SSSR count). The summed E-state index contributed by atoms with van der Waals surface area (Å²) >= 11 is 5.92. The third-order valence-corrected chi connectivity index (χ3v) is 8.93. The predicted molar refractivity (Wildman–Crippen MR) is 115 cm³/mol. The van der Waals surface area contributed by atoms with Gasteiger partial charge in [0.25, 0.3) is 0 Å². The van der Waals surface area contributed by atoms with Crippen molar-refractivity contribution >= 4 is 33.9 Å². The van der Waals surface area contributed by atoms with Gasteiger partial charge in [-0.05, 0) is 31.1 Å². The Morgan fingerprint density at radius 2 is 2.00 bits per heavy atom. The van der Waals surface area contributed by atoms with E-state index in [1.165, 1.54) is 0 Å². The van der Waals surface area contributed by atoms with Gasteiger partial charge < -0.3 is 15.3 Å². The summed E-state index contributed by atoms with van der Waals surface area (Å²) < 4.78 is 12.6. The van der Waals surface area contributed by atoms with Crippen LogP contribution in [0.2, 0.25) is 5.02 Å². The van der Waals surface area contributed by atoms with Crippen molar-refractivity contribution in [2.75, 3.05) is 35.7 Å². The van der Waals surface area contributed by atoms with Crippen molar-refractivity contribution < 1.29 is 9.32 Å². The van der Waals surface area contributed by atoms with Gasteiger partial charge in [-0.1, -0.05) is 11.6 Å². The van der Waals surface area contributed by atoms with Crippen LogP contribution in [0.25, 0.3) is 0 Å². The molecule has 0 radical (unpaired) electrons. The maximum Gasteiger partial charge on any atom is 0.132 e. The maximum atomic E-state index is 12.6. The number of piperidine rings is 1. The molecule has 0 spiro atoms. The lowest BCUT2D eigenvalue weighted by atomic mass is 9.77. The van der Waals surface area contributed by atoms with Crippen LogP contribution in [0.1, 0.15) is 36.7 Å². The number of aryl methyl sites for hydroxylation is 1. The smallest absolute Gasteiger partial charge is 0.132 e. The molecule has 4 heterocycles. The van der Waals surface area contributed by atoms with Gasteiger partial charge in [0, 0.05) is 49.6 Å². The van der Waals surface area contributed by atoms with Crippen LogP contribution >= 0.6 is 11.6 Å². The monoisotopic (exact) mass is 445 g/mol. The highest BCUT2D eigenvalue weighted by atomic mass is 35.5. The summed E-state index contributed by atoms with van der Waals surface area (Å²) in [5, 5.41) is 14.0. The van der Waals surface area contributed by atoms with E-state index in [1.54, 1.807) is 12.4 Å². The molecular formula is C21H24ClN5O2S. The lowest BCUT2D eigenvalue weighted by Crippen LogP contribution is -2.48. The molecule has 2 N–H and O–H groups in total. The first-order valence-corrected chi connectivity index (χ1v) is 12.3. The fraction of sp³-hybridized carbons (Fsp3) is 0.571. The normalized spacial score (nSPS) is 30.5. The Morgan fingerprint density at radius 3 is 2.63 bits per heavy atom. The van der Waals surface area contributed by atoms with Gasteiger partial charge in [0.15, 0.2) is 0 Å². The van der Waals surface area contributed by atoms with Crippen LogP contribution in [-0.2, 0) is 17.2 Å². The second-order valence-corrected chi connectivity index (χ2v) is 11.0. The molecule has 0 amide bonds. The molecule has 2 aromatic heterocycles. The van der Waals surface area contributed by atoms with Crippen molar-refractivity contribution in [3.63, 3.8) is 0 Å². The number of hydrogen-bond donors (Lipinski definition) is 2. The minimum absolute atomic E-state index is 0.0999. The number of nitrogens with one attached hydrogen (secondary N) is 1. The average Bonchev–Trinajstić information content (AvgIpc) is 3.04. The Kier molecular flexibility index (Phi) is 4.34. The molecule has 3 fully saturated rings. The first-order valence-electron chi connectivity index (χ1n) is 10.6. The average molecular weight is 446 g/mol. The molecule has 2 aliphatic heterocycles. The maximum absolute atomic E-state index is 12.6. The second-order valence-electron chi connectivity index (χ2n) is 9.04. The Morgan fingerprint density at radius 1 is 1.27 bits per heavy atom. The molecule has 158 valence electrons. The van der Waals surface area contributed by atoms with E-state index in [0.29, 0.717) is 28.5 Å². The largest absolute Gasteiger partial charge is 0.394 e. The Balaban J connectivity index is 1.25. The number of fused-ring (bicyclic) bond motifs is 2. The summed E-state index contributed by atoms with van der Waals surface area (Å²) in [7, 11) is -1.02. The Labute approximate surface area is 182 Å². The predicted octanol–water partition coefficient (Wildman–Crippen LogP) is 2.37. The zero-order valence-electron chi connectivity index (χ0n) is 16.6. The van der Waals surface area contributed by atoms with Crippen LogP contribution in [0.5, 0.6) is 0 Å². The highest BCUT2D eigenvalue weighted by molar-refractivity contribution is 7.85. The van der Waals surface area contributed by atoms with E-state index >= 15 is 0 Å². The van der Waals surface area contributed by atoms with Gasteiger partial charge in [-0.3, -0.25) is 4.21 Å². The van der Waals surface area contributed by atoms with Crippen LogP contribution in [0, 0.1) is 11.8 Å². The number of aliphatic hydroxyl groups excluding tert-OH is 1. The fourth-order valence-corrected chi connectivity index (χ4v) is 6.79.